The zero-order valence-corrected chi connectivity index (χ0v) is 24.4. The van der Waals surface area contributed by atoms with Crippen LogP contribution in [0.2, 0.25) is 0 Å². The molecule has 0 spiro atoms. The third-order valence-corrected chi connectivity index (χ3v) is 6.44. The summed E-state index contributed by atoms with van der Waals surface area (Å²) in [4.78, 5) is 53.3. The molecule has 1 fully saturated rings. The number of carbonyl (C=O) groups excluding carboxylic acids is 4. The zero-order valence-electron chi connectivity index (χ0n) is 22.1. The van der Waals surface area contributed by atoms with Gasteiger partial charge in [-0.05, 0) is 12.5 Å². The van der Waals surface area contributed by atoms with E-state index in [0.29, 0.717) is 26.2 Å². The van der Waals surface area contributed by atoms with Gasteiger partial charge in [-0.3, -0.25) is 24.4 Å². The van der Waals surface area contributed by atoms with Crippen molar-refractivity contribution in [1.82, 2.24) is 24.9 Å². The van der Waals surface area contributed by atoms with Crippen molar-refractivity contribution in [2.75, 3.05) is 78.5 Å². The topological polar surface area (TPSA) is 188 Å². The number of hydrogen-bond acceptors (Lipinski definition) is 12. The zero-order chi connectivity index (χ0) is 28.1. The Balaban J connectivity index is 0.00000760. The molecule has 1 heterocycles. The van der Waals surface area contributed by atoms with E-state index in [-0.39, 0.29) is 104 Å². The minimum absolute atomic E-state index is 0. The molecular formula is C25H37GdN6O7. The average molecular weight is 691 g/mol. The van der Waals surface area contributed by atoms with Crippen LogP contribution < -0.4 is 26.4 Å². The summed E-state index contributed by atoms with van der Waals surface area (Å²) in [6.45, 7) is 3.23. The number of nitrogens with zero attached hydrogens (tertiary/aromatic N) is 4. The van der Waals surface area contributed by atoms with Crippen LogP contribution in [0.25, 0.3) is 0 Å². The van der Waals surface area contributed by atoms with E-state index in [9.17, 15) is 34.5 Å². The Morgan fingerprint density at radius 2 is 1.10 bits per heavy atom. The maximum absolute atomic E-state index is 12.8. The molecule has 1 aromatic carbocycles. The minimum atomic E-state index is -1.28. The summed E-state index contributed by atoms with van der Waals surface area (Å²) in [5, 5.41) is 36.7. The smallest absolute Gasteiger partial charge is 0.549 e. The largest absolute Gasteiger partial charge is 3.00 e. The Morgan fingerprint density at radius 3 is 1.46 bits per heavy atom. The second-order valence-electron chi connectivity index (χ2n) is 9.49. The van der Waals surface area contributed by atoms with Crippen molar-refractivity contribution in [3.05, 3.63) is 35.9 Å². The summed E-state index contributed by atoms with van der Waals surface area (Å²) in [6.07, 6.45) is 0. The summed E-state index contributed by atoms with van der Waals surface area (Å²) >= 11 is 0. The van der Waals surface area contributed by atoms with Gasteiger partial charge in [0.1, 0.15) is 0 Å². The van der Waals surface area contributed by atoms with Crippen molar-refractivity contribution in [3.63, 3.8) is 0 Å². The fourth-order valence-electron chi connectivity index (χ4n) is 4.29. The Morgan fingerprint density at radius 1 is 0.744 bits per heavy atom. The number of aliphatic carboxylic acids is 3. The molecule has 217 valence electrons. The molecule has 13 nitrogen and oxygen atoms in total. The van der Waals surface area contributed by atoms with Gasteiger partial charge in [0, 0.05) is 78.5 Å². The van der Waals surface area contributed by atoms with E-state index in [1.54, 1.807) is 14.7 Å². The van der Waals surface area contributed by atoms with Crippen LogP contribution in [0.15, 0.2) is 30.3 Å². The molecule has 0 aliphatic carbocycles. The molecule has 39 heavy (non-hydrogen) atoms. The number of nitrogens with one attached hydrogen (secondary N) is 1. The van der Waals surface area contributed by atoms with Gasteiger partial charge in [0.2, 0.25) is 5.91 Å². The molecular weight excluding hydrogens is 654 g/mol. The molecule has 14 heteroatoms. The standard InChI is InChI=1S/C25H40N6O7.Gd/c1-19(20-5-3-2-4-6-20)27-25(38)21(26)15-28-7-9-29(16-22(32)33)11-13-31(18-24(36)37)14-12-30(10-8-28)17-23(34)35;/h2-6,19,21H,7-18,26H2,1H3,(H,27,38)(H,32,33)(H,34,35)(H,36,37);/q;+3/p-3/t19-,21?;/m0./s1. The van der Waals surface area contributed by atoms with Gasteiger partial charge in [-0.25, -0.2) is 0 Å². The molecule has 1 amide bonds. The van der Waals surface area contributed by atoms with Crippen molar-refractivity contribution < 1.29 is 74.4 Å². The molecule has 1 aromatic rings. The van der Waals surface area contributed by atoms with Crippen molar-refractivity contribution >= 4 is 23.8 Å². The summed E-state index contributed by atoms with van der Waals surface area (Å²) in [7, 11) is 0. The van der Waals surface area contributed by atoms with Gasteiger partial charge < -0.3 is 40.8 Å². The van der Waals surface area contributed by atoms with E-state index >= 15 is 0 Å². The first kappa shape index (κ1) is 35.3. The number of benzene rings is 1. The summed E-state index contributed by atoms with van der Waals surface area (Å²) in [5.41, 5.74) is 7.16. The number of carboxylic acid groups (broad SMARTS) is 3. The van der Waals surface area contributed by atoms with Crippen LogP contribution in [0, 0.1) is 39.9 Å². The molecule has 2 atom stereocenters. The van der Waals surface area contributed by atoms with Crippen LogP contribution >= 0.6 is 0 Å². The van der Waals surface area contributed by atoms with Gasteiger partial charge in [0.25, 0.3) is 0 Å². The Labute approximate surface area is 261 Å². The molecule has 2 rings (SSSR count). The summed E-state index contributed by atoms with van der Waals surface area (Å²) < 4.78 is 0. The third kappa shape index (κ3) is 14.4. The van der Waals surface area contributed by atoms with Gasteiger partial charge >= 0.3 is 39.9 Å². The van der Waals surface area contributed by atoms with Crippen LogP contribution in [-0.2, 0) is 19.2 Å². The number of rotatable bonds is 11. The molecule has 3 N–H and O–H groups in total. The molecule has 1 unspecified atom stereocenters. The summed E-state index contributed by atoms with van der Waals surface area (Å²) in [6, 6.07) is 8.32. The maximum Gasteiger partial charge on any atom is 3.00 e. The average Bonchev–Trinajstić information content (AvgIpc) is 2.85. The van der Waals surface area contributed by atoms with Gasteiger partial charge in [-0.15, -0.1) is 0 Å². The normalized spacial score (nSPS) is 18.5. The van der Waals surface area contributed by atoms with Crippen LogP contribution in [-0.4, -0.2) is 128 Å². The first-order chi connectivity index (χ1) is 18.0. The van der Waals surface area contributed by atoms with Crippen molar-refractivity contribution in [2.45, 2.75) is 19.0 Å². The fraction of sp³-hybridized carbons (Fsp3) is 0.600. The van der Waals surface area contributed by atoms with Gasteiger partial charge in [0.15, 0.2) is 0 Å². The number of hydrogen-bond donors (Lipinski definition) is 2. The van der Waals surface area contributed by atoms with Crippen LogP contribution in [0.3, 0.4) is 0 Å². The van der Waals surface area contributed by atoms with E-state index in [1.807, 2.05) is 42.2 Å². The van der Waals surface area contributed by atoms with Crippen molar-refractivity contribution in [2.24, 2.45) is 5.73 Å². The second kappa shape index (κ2) is 18.5. The van der Waals surface area contributed by atoms with Gasteiger partial charge in [-0.1, -0.05) is 30.3 Å². The predicted octanol–water partition coefficient (Wildman–Crippen LogP) is -5.34. The number of amides is 1. The fourth-order valence-corrected chi connectivity index (χ4v) is 4.29. The molecule has 1 aliphatic heterocycles. The SMILES string of the molecule is C[C@H](NC(=O)C(N)CN1CCN(CC(=O)[O-])CCN(CC(=O)[O-])CCN(CC(=O)[O-])CC1)c1ccccc1.[Gd+3]. The van der Waals surface area contributed by atoms with Crippen molar-refractivity contribution in [3.8, 4) is 0 Å². The molecule has 0 bridgehead atoms. The van der Waals surface area contributed by atoms with E-state index in [4.69, 9.17) is 5.73 Å². The number of nitrogens with two attached hydrogens (primary N) is 1. The van der Waals surface area contributed by atoms with E-state index in [2.05, 4.69) is 5.32 Å². The minimum Gasteiger partial charge on any atom is -0.549 e. The Hall–Kier alpha value is -1.78. The quantitative estimate of drug-likeness (QED) is 0.225. The molecule has 1 radical (unpaired) electrons. The van der Waals surface area contributed by atoms with E-state index < -0.39 is 23.9 Å². The van der Waals surface area contributed by atoms with Crippen molar-refractivity contribution in [1.29, 1.82) is 0 Å². The third-order valence-electron chi connectivity index (χ3n) is 6.44. The Bertz CT molecular complexity index is 893. The molecule has 0 aromatic heterocycles. The first-order valence-corrected chi connectivity index (χ1v) is 12.6. The Kier molecular flexibility index (Phi) is 16.8. The second-order valence-corrected chi connectivity index (χ2v) is 9.49. The number of carbonyl (C=O) groups is 4. The molecule has 1 saturated heterocycles. The molecule has 0 saturated carbocycles. The van der Waals surface area contributed by atoms with Crippen LogP contribution in [0.5, 0.6) is 0 Å². The van der Waals surface area contributed by atoms with E-state index in [1.165, 1.54) is 0 Å². The monoisotopic (exact) mass is 691 g/mol. The van der Waals surface area contributed by atoms with Crippen LogP contribution in [0.4, 0.5) is 0 Å². The van der Waals surface area contributed by atoms with E-state index in [0.717, 1.165) is 5.56 Å². The maximum atomic E-state index is 12.8. The first-order valence-electron chi connectivity index (χ1n) is 12.6. The number of carboxylic acids is 3. The van der Waals surface area contributed by atoms with Gasteiger partial charge in [0.05, 0.1) is 30.0 Å². The van der Waals surface area contributed by atoms with Gasteiger partial charge in [-0.2, -0.15) is 0 Å². The molecule has 1 aliphatic rings. The summed E-state index contributed by atoms with van der Waals surface area (Å²) in [5.74, 6) is -4.15. The van der Waals surface area contributed by atoms with Crippen LogP contribution in [0.1, 0.15) is 18.5 Å². The predicted molar refractivity (Wildman–Crippen MR) is 132 cm³/mol.